The highest BCUT2D eigenvalue weighted by atomic mass is 32.2. The van der Waals surface area contributed by atoms with Crippen molar-refractivity contribution in [1.29, 1.82) is 0 Å². The number of hydrogen-bond donors (Lipinski definition) is 0. The van der Waals surface area contributed by atoms with E-state index in [0.29, 0.717) is 22.4 Å². The lowest BCUT2D eigenvalue weighted by atomic mass is 9.65. The lowest BCUT2D eigenvalue weighted by Gasteiger charge is -2.39. The molecule has 2 fully saturated rings. The van der Waals surface area contributed by atoms with Gasteiger partial charge in [0.2, 0.25) is 5.91 Å². The summed E-state index contributed by atoms with van der Waals surface area (Å²) in [5.74, 6) is 0.619. The number of likely N-dealkylation sites (tertiary alicyclic amines) is 1. The Balaban J connectivity index is 1.43. The fraction of sp³-hybridized carbons (Fsp3) is 0.579. The van der Waals surface area contributed by atoms with Gasteiger partial charge in [-0.3, -0.25) is 4.79 Å². The Hall–Kier alpha value is -1.49. The van der Waals surface area contributed by atoms with Crippen LogP contribution >= 0.6 is 11.8 Å². The van der Waals surface area contributed by atoms with Gasteiger partial charge in [-0.05, 0) is 42.2 Å². The van der Waals surface area contributed by atoms with E-state index in [-0.39, 0.29) is 11.3 Å². The molecule has 2 bridgehead atoms. The van der Waals surface area contributed by atoms with Crippen LogP contribution in [0, 0.1) is 10.8 Å². The van der Waals surface area contributed by atoms with Gasteiger partial charge in [-0.15, -0.1) is 0 Å². The smallest absolute Gasteiger partial charge is 0.257 e. The first-order valence-corrected chi connectivity index (χ1v) is 9.60. The van der Waals surface area contributed by atoms with Crippen LogP contribution < -0.4 is 0 Å². The van der Waals surface area contributed by atoms with Crippen molar-refractivity contribution in [3.63, 3.8) is 0 Å². The summed E-state index contributed by atoms with van der Waals surface area (Å²) in [7, 11) is 0. The quantitative estimate of drug-likeness (QED) is 0.777. The third-order valence-corrected chi connectivity index (χ3v) is 6.14. The van der Waals surface area contributed by atoms with Gasteiger partial charge in [0.1, 0.15) is 5.52 Å². The van der Waals surface area contributed by atoms with Crippen LogP contribution in [0.5, 0.6) is 0 Å². The van der Waals surface area contributed by atoms with E-state index in [1.165, 1.54) is 18.2 Å². The normalized spacial score (nSPS) is 28.5. The van der Waals surface area contributed by atoms with Gasteiger partial charge in [0.05, 0.1) is 5.75 Å². The average Bonchev–Trinajstić information content (AvgIpc) is 3.01. The molecule has 128 valence electrons. The number of aromatic nitrogens is 1. The standard InChI is InChI=1S/C19H24N2O2S/c1-18(2)8-13-9-19(3,11-18)12-21(13)16(22)10-24-17-20-14-6-4-5-7-15(14)23-17/h4-7,13H,8-12H2,1-3H3. The third kappa shape index (κ3) is 2.94. The molecule has 24 heavy (non-hydrogen) atoms. The summed E-state index contributed by atoms with van der Waals surface area (Å²) in [5.41, 5.74) is 2.24. The minimum atomic E-state index is 0.216. The predicted molar refractivity (Wildman–Crippen MR) is 96.0 cm³/mol. The highest BCUT2D eigenvalue weighted by molar-refractivity contribution is 7.99. The number of thioether (sulfide) groups is 1. The minimum absolute atomic E-state index is 0.216. The van der Waals surface area contributed by atoms with Crippen LogP contribution in [0.1, 0.15) is 40.0 Å². The van der Waals surface area contributed by atoms with E-state index in [9.17, 15) is 4.79 Å². The molecule has 2 aliphatic rings. The summed E-state index contributed by atoms with van der Waals surface area (Å²) >= 11 is 1.41. The summed E-state index contributed by atoms with van der Waals surface area (Å²) in [5, 5.41) is 0.582. The van der Waals surface area contributed by atoms with Crippen LogP contribution in [0.25, 0.3) is 11.1 Å². The molecule has 0 radical (unpaired) electrons. The molecule has 0 N–H and O–H groups in total. The molecule has 4 rings (SSSR count). The van der Waals surface area contributed by atoms with Crippen molar-refractivity contribution in [3.05, 3.63) is 24.3 Å². The SMILES string of the molecule is CC1(C)CC2CC(C)(CN2C(=O)CSc2nc3ccccc3o2)C1. The van der Waals surface area contributed by atoms with Crippen LogP contribution in [0.2, 0.25) is 0 Å². The molecule has 2 unspecified atom stereocenters. The molecule has 1 aromatic carbocycles. The molecule has 1 saturated carbocycles. The zero-order chi connectivity index (χ0) is 16.9. The summed E-state index contributed by atoms with van der Waals surface area (Å²) in [6.07, 6.45) is 3.47. The molecule has 1 aliphatic heterocycles. The van der Waals surface area contributed by atoms with Crippen molar-refractivity contribution in [3.8, 4) is 0 Å². The number of benzene rings is 1. The lowest BCUT2D eigenvalue weighted by molar-refractivity contribution is -0.129. The first kappa shape index (κ1) is 16.0. The molecule has 2 heterocycles. The van der Waals surface area contributed by atoms with Gasteiger partial charge in [-0.25, -0.2) is 4.98 Å². The molecule has 4 nitrogen and oxygen atoms in total. The zero-order valence-corrected chi connectivity index (χ0v) is 15.4. The first-order valence-electron chi connectivity index (χ1n) is 8.62. The van der Waals surface area contributed by atoms with E-state index < -0.39 is 0 Å². The van der Waals surface area contributed by atoms with Crippen molar-refractivity contribution in [2.24, 2.45) is 10.8 Å². The molecule has 2 aromatic rings. The second-order valence-corrected chi connectivity index (χ2v) is 9.40. The third-order valence-electron chi connectivity index (χ3n) is 5.33. The molecule has 1 saturated heterocycles. The lowest BCUT2D eigenvalue weighted by Crippen LogP contribution is -2.38. The van der Waals surface area contributed by atoms with E-state index in [0.717, 1.165) is 30.5 Å². The zero-order valence-electron chi connectivity index (χ0n) is 14.5. The summed E-state index contributed by atoms with van der Waals surface area (Å²) in [6, 6.07) is 8.10. The highest BCUT2D eigenvalue weighted by Gasteiger charge is 2.50. The maximum atomic E-state index is 12.8. The van der Waals surface area contributed by atoms with Crippen molar-refractivity contribution >= 4 is 28.8 Å². The van der Waals surface area contributed by atoms with Gasteiger partial charge in [0, 0.05) is 12.6 Å². The maximum absolute atomic E-state index is 12.8. The Morgan fingerprint density at radius 1 is 1.33 bits per heavy atom. The molecular formula is C19H24N2O2S. The minimum Gasteiger partial charge on any atom is -0.431 e. The van der Waals surface area contributed by atoms with Crippen LogP contribution in [-0.4, -0.2) is 34.1 Å². The Labute approximate surface area is 147 Å². The number of rotatable bonds is 3. The Kier molecular flexibility index (Phi) is 3.68. The van der Waals surface area contributed by atoms with Gasteiger partial charge in [0.25, 0.3) is 5.22 Å². The van der Waals surface area contributed by atoms with Crippen LogP contribution in [-0.2, 0) is 4.79 Å². The monoisotopic (exact) mass is 344 g/mol. The summed E-state index contributed by atoms with van der Waals surface area (Å²) in [6.45, 7) is 7.90. The van der Waals surface area contributed by atoms with Crippen molar-refractivity contribution < 1.29 is 9.21 Å². The van der Waals surface area contributed by atoms with Gasteiger partial charge in [-0.1, -0.05) is 44.7 Å². The number of fused-ring (bicyclic) bond motifs is 3. The largest absolute Gasteiger partial charge is 0.431 e. The summed E-state index contributed by atoms with van der Waals surface area (Å²) in [4.78, 5) is 19.3. The number of amides is 1. The topological polar surface area (TPSA) is 46.3 Å². The molecule has 5 heteroatoms. The van der Waals surface area contributed by atoms with Crippen molar-refractivity contribution in [2.75, 3.05) is 12.3 Å². The Morgan fingerprint density at radius 3 is 2.92 bits per heavy atom. The van der Waals surface area contributed by atoms with E-state index in [1.807, 2.05) is 24.3 Å². The van der Waals surface area contributed by atoms with Crippen LogP contribution in [0.3, 0.4) is 0 Å². The molecule has 0 spiro atoms. The number of para-hydroxylation sites is 2. The van der Waals surface area contributed by atoms with Gasteiger partial charge in [-0.2, -0.15) is 0 Å². The number of oxazole rings is 1. The van der Waals surface area contributed by atoms with E-state index in [1.54, 1.807) is 0 Å². The van der Waals surface area contributed by atoms with Crippen LogP contribution in [0.15, 0.2) is 33.9 Å². The Bertz CT molecular complexity index is 752. The fourth-order valence-corrected chi connectivity index (χ4v) is 5.60. The number of hydrogen-bond acceptors (Lipinski definition) is 4. The average molecular weight is 344 g/mol. The van der Waals surface area contributed by atoms with Gasteiger partial charge >= 0.3 is 0 Å². The molecule has 1 aliphatic carbocycles. The molecule has 1 amide bonds. The van der Waals surface area contributed by atoms with E-state index >= 15 is 0 Å². The van der Waals surface area contributed by atoms with Gasteiger partial charge < -0.3 is 9.32 Å². The second-order valence-electron chi connectivity index (χ2n) is 8.47. The molecule has 1 aromatic heterocycles. The van der Waals surface area contributed by atoms with Crippen molar-refractivity contribution in [1.82, 2.24) is 9.88 Å². The summed E-state index contributed by atoms with van der Waals surface area (Å²) < 4.78 is 5.70. The van der Waals surface area contributed by atoms with Crippen LogP contribution in [0.4, 0.5) is 0 Å². The number of carbonyl (C=O) groups is 1. The Morgan fingerprint density at radius 2 is 2.12 bits per heavy atom. The predicted octanol–water partition coefficient (Wildman–Crippen LogP) is 4.35. The number of nitrogens with zero attached hydrogens (tertiary/aromatic N) is 2. The maximum Gasteiger partial charge on any atom is 0.257 e. The fourth-order valence-electron chi connectivity index (χ4n) is 4.87. The van der Waals surface area contributed by atoms with Gasteiger partial charge in [0.15, 0.2) is 5.58 Å². The number of carbonyl (C=O) groups excluding carboxylic acids is 1. The molecule has 2 atom stereocenters. The molecular weight excluding hydrogens is 320 g/mol. The first-order chi connectivity index (χ1) is 11.3. The second kappa shape index (κ2) is 5.51. The van der Waals surface area contributed by atoms with E-state index in [4.69, 9.17) is 4.42 Å². The van der Waals surface area contributed by atoms with E-state index in [2.05, 4.69) is 30.7 Å². The van der Waals surface area contributed by atoms with Crippen molar-refractivity contribution in [2.45, 2.75) is 51.3 Å². The highest BCUT2D eigenvalue weighted by Crippen LogP contribution is 2.52.